The summed E-state index contributed by atoms with van der Waals surface area (Å²) in [6, 6.07) is 2.43. The monoisotopic (exact) mass is 270 g/mol. The van der Waals surface area contributed by atoms with E-state index in [0.717, 1.165) is 6.07 Å². The molecule has 90 valence electrons. The zero-order chi connectivity index (χ0) is 12.6. The quantitative estimate of drug-likeness (QED) is 0.552. The van der Waals surface area contributed by atoms with Crippen molar-refractivity contribution < 1.29 is 31.7 Å². The molecule has 1 rings (SSSR count). The maximum absolute atomic E-state index is 13.0. The molecule has 3 N–H and O–H groups in total. The van der Waals surface area contributed by atoms with Crippen LogP contribution in [-0.2, 0) is 20.8 Å². The predicted molar refractivity (Wildman–Crippen MR) is 52.0 cm³/mol. The summed E-state index contributed by atoms with van der Waals surface area (Å²) in [6.45, 7) is 0. The normalized spacial score (nSPS) is 12.8. The molecule has 9 heteroatoms. The second-order valence-electron chi connectivity index (χ2n) is 3.06. The Bertz CT molecular complexity index is 548. The molecule has 0 aliphatic rings. The van der Waals surface area contributed by atoms with Crippen molar-refractivity contribution in [3.63, 3.8) is 0 Å². The maximum atomic E-state index is 13.0. The second kappa shape index (κ2) is 4.23. The Morgan fingerprint density at radius 2 is 1.88 bits per heavy atom. The van der Waals surface area contributed by atoms with Crippen molar-refractivity contribution in [1.29, 1.82) is 0 Å². The van der Waals surface area contributed by atoms with Crippen molar-refractivity contribution in [2.45, 2.75) is 11.1 Å². The van der Waals surface area contributed by atoms with Gasteiger partial charge in [0.2, 0.25) is 0 Å². The SMILES string of the molecule is O=P(O)(O)Cc1ccc(F)c(S(=O)(=O)O)c1. The largest absolute Gasteiger partial charge is 0.329 e. The van der Waals surface area contributed by atoms with Gasteiger partial charge in [0.15, 0.2) is 0 Å². The lowest BCUT2D eigenvalue weighted by Gasteiger charge is -2.06. The van der Waals surface area contributed by atoms with Crippen LogP contribution in [0.25, 0.3) is 0 Å². The van der Waals surface area contributed by atoms with Gasteiger partial charge in [-0.3, -0.25) is 9.12 Å². The Hall–Kier alpha value is -0.790. The molecule has 1 aromatic rings. The lowest BCUT2D eigenvalue weighted by molar-refractivity contribution is 0.371. The summed E-state index contributed by atoms with van der Waals surface area (Å²) in [5, 5.41) is 0. The Morgan fingerprint density at radius 3 is 2.31 bits per heavy atom. The molecule has 0 heterocycles. The van der Waals surface area contributed by atoms with Gasteiger partial charge in [0, 0.05) is 0 Å². The van der Waals surface area contributed by atoms with Crippen molar-refractivity contribution in [3.05, 3.63) is 29.6 Å². The minimum atomic E-state index is -4.74. The van der Waals surface area contributed by atoms with Gasteiger partial charge in [-0.2, -0.15) is 8.42 Å². The highest BCUT2D eigenvalue weighted by Gasteiger charge is 2.20. The van der Waals surface area contributed by atoms with Gasteiger partial charge in [-0.05, 0) is 17.7 Å². The third-order valence-electron chi connectivity index (χ3n) is 1.66. The van der Waals surface area contributed by atoms with Crippen molar-refractivity contribution in [2.75, 3.05) is 0 Å². The Balaban J connectivity index is 3.24. The highest BCUT2D eigenvalue weighted by Crippen LogP contribution is 2.39. The summed E-state index contributed by atoms with van der Waals surface area (Å²) in [5.41, 5.74) is -0.0811. The van der Waals surface area contributed by atoms with Gasteiger partial charge < -0.3 is 9.79 Å². The molecular formula is C7H8FO6PS. The van der Waals surface area contributed by atoms with Crippen LogP contribution in [0.2, 0.25) is 0 Å². The number of hydrogen-bond acceptors (Lipinski definition) is 3. The fourth-order valence-corrected chi connectivity index (χ4v) is 2.37. The zero-order valence-corrected chi connectivity index (χ0v) is 9.45. The molecule has 0 radical (unpaired) electrons. The van der Waals surface area contributed by atoms with E-state index >= 15 is 0 Å². The minimum Gasteiger partial charge on any atom is -0.324 e. The number of hydrogen-bond donors (Lipinski definition) is 3. The first kappa shape index (κ1) is 13.3. The molecule has 0 unspecified atom stereocenters. The van der Waals surface area contributed by atoms with Gasteiger partial charge in [0.25, 0.3) is 10.1 Å². The van der Waals surface area contributed by atoms with Crippen LogP contribution >= 0.6 is 7.60 Å². The van der Waals surface area contributed by atoms with Crippen molar-refractivity contribution >= 4 is 17.7 Å². The lowest BCUT2D eigenvalue weighted by atomic mass is 10.2. The summed E-state index contributed by atoms with van der Waals surface area (Å²) >= 11 is 0. The summed E-state index contributed by atoms with van der Waals surface area (Å²) in [5.74, 6) is -1.18. The van der Waals surface area contributed by atoms with E-state index in [2.05, 4.69) is 0 Å². The first-order valence-corrected chi connectivity index (χ1v) is 7.14. The van der Waals surface area contributed by atoms with Crippen LogP contribution in [-0.4, -0.2) is 22.8 Å². The molecule has 0 aliphatic heterocycles. The van der Waals surface area contributed by atoms with Gasteiger partial charge in [-0.25, -0.2) is 4.39 Å². The highest BCUT2D eigenvalue weighted by molar-refractivity contribution is 7.85. The van der Waals surface area contributed by atoms with E-state index in [1.807, 2.05) is 0 Å². The molecule has 0 spiro atoms. The molecule has 1 aromatic carbocycles. The van der Waals surface area contributed by atoms with E-state index in [1.54, 1.807) is 0 Å². The molecular weight excluding hydrogens is 262 g/mol. The topological polar surface area (TPSA) is 112 Å². The molecule has 0 saturated heterocycles. The van der Waals surface area contributed by atoms with E-state index in [-0.39, 0.29) is 5.56 Å². The summed E-state index contributed by atoms with van der Waals surface area (Å²) < 4.78 is 53.6. The highest BCUT2D eigenvalue weighted by atomic mass is 32.2. The zero-order valence-electron chi connectivity index (χ0n) is 7.74. The minimum absolute atomic E-state index is 0.0811. The first-order chi connectivity index (χ1) is 7.09. The molecule has 6 nitrogen and oxygen atoms in total. The fourth-order valence-electron chi connectivity index (χ4n) is 1.08. The van der Waals surface area contributed by atoms with Crippen molar-refractivity contribution in [2.24, 2.45) is 0 Å². The molecule has 0 saturated carbocycles. The number of benzene rings is 1. The van der Waals surface area contributed by atoms with Crippen LogP contribution in [0, 0.1) is 5.82 Å². The lowest BCUT2D eigenvalue weighted by Crippen LogP contribution is -2.02. The second-order valence-corrected chi connectivity index (χ2v) is 6.10. The molecule has 0 atom stereocenters. The van der Waals surface area contributed by atoms with Crippen molar-refractivity contribution in [1.82, 2.24) is 0 Å². The molecule has 0 aromatic heterocycles. The average Bonchev–Trinajstić information content (AvgIpc) is 2.04. The molecule has 0 amide bonds. The Morgan fingerprint density at radius 1 is 1.31 bits per heavy atom. The molecule has 0 bridgehead atoms. The maximum Gasteiger partial charge on any atom is 0.329 e. The van der Waals surface area contributed by atoms with Gasteiger partial charge in [-0.15, -0.1) is 0 Å². The van der Waals surface area contributed by atoms with E-state index in [4.69, 9.17) is 14.3 Å². The third-order valence-corrected chi connectivity index (χ3v) is 3.31. The van der Waals surface area contributed by atoms with E-state index in [9.17, 15) is 17.4 Å². The summed E-state index contributed by atoms with van der Waals surface area (Å²) in [7, 11) is -9.11. The van der Waals surface area contributed by atoms with E-state index in [1.165, 1.54) is 0 Å². The van der Waals surface area contributed by atoms with Gasteiger partial charge in [0.05, 0.1) is 6.16 Å². The summed E-state index contributed by atoms with van der Waals surface area (Å²) in [6.07, 6.45) is -0.726. The predicted octanol–water partition coefficient (Wildman–Crippen LogP) is 0.750. The fraction of sp³-hybridized carbons (Fsp3) is 0.143. The first-order valence-electron chi connectivity index (χ1n) is 3.90. The van der Waals surface area contributed by atoms with Gasteiger partial charge in [0.1, 0.15) is 10.7 Å². The van der Waals surface area contributed by atoms with Crippen LogP contribution < -0.4 is 0 Å². The van der Waals surface area contributed by atoms with Crippen LogP contribution in [0.15, 0.2) is 23.1 Å². The van der Waals surface area contributed by atoms with Crippen LogP contribution in [0.5, 0.6) is 0 Å². The van der Waals surface area contributed by atoms with Crippen LogP contribution in [0.4, 0.5) is 4.39 Å². The van der Waals surface area contributed by atoms with Gasteiger partial charge >= 0.3 is 7.60 Å². The number of rotatable bonds is 3. The van der Waals surface area contributed by atoms with Crippen LogP contribution in [0.3, 0.4) is 0 Å². The Kier molecular flexibility index (Phi) is 3.51. The van der Waals surface area contributed by atoms with E-state index in [0.29, 0.717) is 12.1 Å². The molecule has 16 heavy (non-hydrogen) atoms. The standard InChI is InChI=1S/C7H8FO6PS/c8-6-2-1-5(4-15(9,10)11)3-7(6)16(12,13)14/h1-3H,4H2,(H2,9,10,11)(H,12,13,14). The van der Waals surface area contributed by atoms with E-state index < -0.39 is 34.6 Å². The van der Waals surface area contributed by atoms with Crippen LogP contribution in [0.1, 0.15) is 5.56 Å². The molecule has 0 fully saturated rings. The Labute approximate surface area is 90.6 Å². The summed E-state index contributed by atoms with van der Waals surface area (Å²) in [4.78, 5) is 16.3. The smallest absolute Gasteiger partial charge is 0.324 e. The van der Waals surface area contributed by atoms with Crippen molar-refractivity contribution in [3.8, 4) is 0 Å². The third kappa shape index (κ3) is 3.66. The average molecular weight is 270 g/mol. The van der Waals surface area contributed by atoms with Gasteiger partial charge in [-0.1, -0.05) is 6.07 Å². The molecule has 0 aliphatic carbocycles. The number of halogens is 1.